The van der Waals surface area contributed by atoms with Gasteiger partial charge < -0.3 is 14.0 Å². The van der Waals surface area contributed by atoms with Crippen LogP contribution in [0.2, 0.25) is 5.02 Å². The summed E-state index contributed by atoms with van der Waals surface area (Å²) in [4.78, 5) is 4.60. The van der Waals surface area contributed by atoms with Crippen molar-refractivity contribution >= 4 is 34.2 Å². The molecule has 0 unspecified atom stereocenters. The van der Waals surface area contributed by atoms with E-state index in [0.717, 1.165) is 29.8 Å². The monoisotopic (exact) mass is 316 g/mol. The standard InChI is InChI=1S/C14H18Cl2N2O2/c1-19-8-9-20-7-6-18-13-10-11(16)2-3-12(13)17-14(18)4-5-15/h2-3,10H,4-9H2,1H3. The summed E-state index contributed by atoms with van der Waals surface area (Å²) in [5.74, 6) is 1.51. The number of aryl methyl sites for hydroxylation is 1. The third-order valence-corrected chi connectivity index (χ3v) is 3.42. The van der Waals surface area contributed by atoms with Crippen LogP contribution in [0.25, 0.3) is 11.0 Å². The number of rotatable bonds is 8. The Labute approximate surface area is 128 Å². The third-order valence-electron chi connectivity index (χ3n) is 3.00. The largest absolute Gasteiger partial charge is 0.382 e. The van der Waals surface area contributed by atoms with Crippen molar-refractivity contribution in [3.8, 4) is 0 Å². The van der Waals surface area contributed by atoms with Gasteiger partial charge in [-0.3, -0.25) is 0 Å². The van der Waals surface area contributed by atoms with Gasteiger partial charge in [-0.25, -0.2) is 4.98 Å². The summed E-state index contributed by atoms with van der Waals surface area (Å²) in [6.07, 6.45) is 0.728. The average Bonchev–Trinajstić information content (AvgIpc) is 2.76. The number of methoxy groups -OCH3 is 1. The van der Waals surface area contributed by atoms with Crippen LogP contribution in [0.3, 0.4) is 0 Å². The van der Waals surface area contributed by atoms with Crippen LogP contribution >= 0.6 is 23.2 Å². The lowest BCUT2D eigenvalue weighted by molar-refractivity contribution is 0.0667. The number of ether oxygens (including phenoxy) is 2. The second-order valence-electron chi connectivity index (χ2n) is 4.36. The van der Waals surface area contributed by atoms with Crippen molar-refractivity contribution in [3.63, 3.8) is 0 Å². The maximum absolute atomic E-state index is 6.06. The van der Waals surface area contributed by atoms with Crippen LogP contribution in [0.1, 0.15) is 5.82 Å². The SMILES string of the molecule is COCCOCCn1c(CCCl)nc2ccc(Cl)cc21. The Balaban J connectivity index is 2.15. The lowest BCUT2D eigenvalue weighted by Crippen LogP contribution is -2.12. The predicted molar refractivity (Wildman–Crippen MR) is 81.9 cm³/mol. The van der Waals surface area contributed by atoms with Crippen molar-refractivity contribution in [1.29, 1.82) is 0 Å². The highest BCUT2D eigenvalue weighted by atomic mass is 35.5. The quantitative estimate of drug-likeness (QED) is 0.554. The highest BCUT2D eigenvalue weighted by Crippen LogP contribution is 2.21. The topological polar surface area (TPSA) is 36.3 Å². The minimum Gasteiger partial charge on any atom is -0.382 e. The van der Waals surface area contributed by atoms with E-state index in [-0.39, 0.29) is 0 Å². The van der Waals surface area contributed by atoms with Crippen LogP contribution in [0.4, 0.5) is 0 Å². The van der Waals surface area contributed by atoms with E-state index in [0.29, 0.717) is 30.7 Å². The average molecular weight is 317 g/mol. The zero-order chi connectivity index (χ0) is 14.4. The summed E-state index contributed by atoms with van der Waals surface area (Å²) < 4.78 is 12.6. The second-order valence-corrected chi connectivity index (χ2v) is 5.17. The van der Waals surface area contributed by atoms with E-state index in [1.165, 1.54) is 0 Å². The van der Waals surface area contributed by atoms with Gasteiger partial charge in [0.25, 0.3) is 0 Å². The maximum Gasteiger partial charge on any atom is 0.111 e. The Kier molecular flexibility index (Phi) is 6.10. The van der Waals surface area contributed by atoms with Crippen molar-refractivity contribution in [2.75, 3.05) is 32.8 Å². The van der Waals surface area contributed by atoms with Gasteiger partial charge in [-0.2, -0.15) is 0 Å². The Bertz CT molecular complexity index is 557. The predicted octanol–water partition coefficient (Wildman–Crippen LogP) is 3.13. The molecule has 0 aliphatic carbocycles. The molecule has 0 fully saturated rings. The molecule has 0 saturated heterocycles. The van der Waals surface area contributed by atoms with Crippen molar-refractivity contribution in [2.24, 2.45) is 0 Å². The molecule has 1 aromatic heterocycles. The molecular formula is C14H18Cl2N2O2. The molecule has 0 amide bonds. The molecule has 1 aromatic carbocycles. The third kappa shape index (κ3) is 3.85. The molecule has 0 saturated carbocycles. The van der Waals surface area contributed by atoms with E-state index < -0.39 is 0 Å². The molecule has 2 rings (SSSR count). The van der Waals surface area contributed by atoms with Crippen LogP contribution in [0.15, 0.2) is 18.2 Å². The number of hydrogen-bond donors (Lipinski definition) is 0. The first-order valence-corrected chi connectivity index (χ1v) is 7.45. The molecule has 4 nitrogen and oxygen atoms in total. The molecule has 0 N–H and O–H groups in total. The van der Waals surface area contributed by atoms with Crippen molar-refractivity contribution in [1.82, 2.24) is 9.55 Å². The number of nitrogens with zero attached hydrogens (tertiary/aromatic N) is 2. The van der Waals surface area contributed by atoms with Crippen molar-refractivity contribution in [3.05, 3.63) is 29.0 Å². The number of benzene rings is 1. The number of imidazole rings is 1. The Morgan fingerprint density at radius 1 is 1.25 bits per heavy atom. The molecule has 1 heterocycles. The summed E-state index contributed by atoms with van der Waals surface area (Å²) >= 11 is 11.9. The Morgan fingerprint density at radius 3 is 2.85 bits per heavy atom. The van der Waals surface area contributed by atoms with E-state index in [1.54, 1.807) is 7.11 Å². The highest BCUT2D eigenvalue weighted by Gasteiger charge is 2.10. The van der Waals surface area contributed by atoms with Crippen molar-refractivity contribution < 1.29 is 9.47 Å². The molecule has 0 spiro atoms. The van der Waals surface area contributed by atoms with E-state index >= 15 is 0 Å². The summed E-state index contributed by atoms with van der Waals surface area (Å²) in [5.41, 5.74) is 1.96. The van der Waals surface area contributed by atoms with Crippen LogP contribution in [0.5, 0.6) is 0 Å². The molecule has 20 heavy (non-hydrogen) atoms. The molecule has 110 valence electrons. The van der Waals surface area contributed by atoms with Crippen LogP contribution in [0, 0.1) is 0 Å². The van der Waals surface area contributed by atoms with Gasteiger partial charge in [0.15, 0.2) is 0 Å². The lowest BCUT2D eigenvalue weighted by Gasteiger charge is -2.09. The second kappa shape index (κ2) is 7.84. The summed E-state index contributed by atoms with van der Waals surface area (Å²) in [5, 5.41) is 0.705. The van der Waals surface area contributed by atoms with Crippen LogP contribution in [-0.2, 0) is 22.4 Å². The summed E-state index contributed by atoms with van der Waals surface area (Å²) in [6.45, 7) is 2.53. The first-order chi connectivity index (χ1) is 9.76. The van der Waals surface area contributed by atoms with Gasteiger partial charge in [0.1, 0.15) is 5.82 Å². The summed E-state index contributed by atoms with van der Waals surface area (Å²) in [6, 6.07) is 5.70. The molecule has 0 radical (unpaired) electrons. The Morgan fingerprint density at radius 2 is 2.10 bits per heavy atom. The lowest BCUT2D eigenvalue weighted by atomic mass is 10.3. The molecule has 6 heteroatoms. The first kappa shape index (κ1) is 15.6. The van der Waals surface area contributed by atoms with Gasteiger partial charge in [-0.15, -0.1) is 11.6 Å². The minimum atomic E-state index is 0.543. The van der Waals surface area contributed by atoms with Gasteiger partial charge in [0.2, 0.25) is 0 Å². The Hall–Kier alpha value is -0.810. The van der Waals surface area contributed by atoms with Gasteiger partial charge in [0, 0.05) is 31.0 Å². The highest BCUT2D eigenvalue weighted by molar-refractivity contribution is 6.31. The molecule has 0 aliphatic rings. The number of alkyl halides is 1. The smallest absolute Gasteiger partial charge is 0.111 e. The fraction of sp³-hybridized carbons (Fsp3) is 0.500. The summed E-state index contributed by atoms with van der Waals surface area (Å²) in [7, 11) is 1.66. The number of aromatic nitrogens is 2. The fourth-order valence-corrected chi connectivity index (χ4v) is 2.41. The number of fused-ring (bicyclic) bond motifs is 1. The fourth-order valence-electron chi connectivity index (χ4n) is 2.07. The van der Waals surface area contributed by atoms with Crippen molar-refractivity contribution in [2.45, 2.75) is 13.0 Å². The van der Waals surface area contributed by atoms with Gasteiger partial charge in [-0.1, -0.05) is 11.6 Å². The van der Waals surface area contributed by atoms with E-state index in [2.05, 4.69) is 9.55 Å². The maximum atomic E-state index is 6.06. The first-order valence-electron chi connectivity index (χ1n) is 6.53. The zero-order valence-electron chi connectivity index (χ0n) is 11.4. The molecular weight excluding hydrogens is 299 g/mol. The molecule has 0 aliphatic heterocycles. The van der Waals surface area contributed by atoms with E-state index in [9.17, 15) is 0 Å². The molecule has 0 bridgehead atoms. The van der Waals surface area contributed by atoms with Crippen LogP contribution < -0.4 is 0 Å². The van der Waals surface area contributed by atoms with E-state index in [1.807, 2.05) is 18.2 Å². The van der Waals surface area contributed by atoms with E-state index in [4.69, 9.17) is 32.7 Å². The van der Waals surface area contributed by atoms with Gasteiger partial charge >= 0.3 is 0 Å². The molecule has 0 atom stereocenters. The zero-order valence-corrected chi connectivity index (χ0v) is 13.0. The van der Waals surface area contributed by atoms with Crippen LogP contribution in [-0.4, -0.2) is 42.4 Å². The number of halogens is 2. The van der Waals surface area contributed by atoms with Gasteiger partial charge in [0.05, 0.1) is 30.9 Å². The number of hydrogen-bond acceptors (Lipinski definition) is 3. The normalized spacial score (nSPS) is 11.3. The van der Waals surface area contributed by atoms with Gasteiger partial charge in [-0.05, 0) is 18.2 Å². The molecule has 2 aromatic rings. The minimum absolute atomic E-state index is 0.543.